The van der Waals surface area contributed by atoms with E-state index >= 15 is 0 Å². The molecule has 0 atom stereocenters. The summed E-state index contributed by atoms with van der Waals surface area (Å²) in [6.45, 7) is 1.05. The summed E-state index contributed by atoms with van der Waals surface area (Å²) in [5, 5.41) is 8.62. The Kier molecular flexibility index (Phi) is 4.64. The minimum atomic E-state index is -0.159. The molecular formula is C25H22N6O2. The van der Waals surface area contributed by atoms with Gasteiger partial charge in [-0.15, -0.1) is 0 Å². The lowest BCUT2D eigenvalue weighted by molar-refractivity contribution is -0.123. The van der Waals surface area contributed by atoms with E-state index < -0.39 is 0 Å². The van der Waals surface area contributed by atoms with Crippen molar-refractivity contribution in [3.8, 4) is 17.1 Å². The molecule has 0 unspecified atom stereocenters. The van der Waals surface area contributed by atoms with Gasteiger partial charge in [0, 0.05) is 47.9 Å². The maximum absolute atomic E-state index is 13.1. The van der Waals surface area contributed by atoms with Crippen LogP contribution in [0.5, 0.6) is 0 Å². The molecule has 0 spiro atoms. The first-order valence-electron chi connectivity index (χ1n) is 11.1. The molecular weight excluding hydrogens is 416 g/mol. The molecule has 4 aromatic rings. The van der Waals surface area contributed by atoms with Crippen LogP contribution in [0.2, 0.25) is 0 Å². The average Bonchev–Trinajstić information content (AvgIpc) is 3.64. The standard InChI is InChI=1S/C25H22N6O2/c32-22-15-30(11-10-26-22)24(33)18-8-9-20-21(12-18)31(29-23(20)17-6-7-17)25-27-13-19(14-28-25)16-4-2-1-3-5-16/h1-5,8-9,12-14,17H,6-7,10-11,15H2,(H,26,32). The molecule has 8 heteroatoms. The quantitative estimate of drug-likeness (QED) is 0.529. The minimum Gasteiger partial charge on any atom is -0.353 e. The molecule has 0 radical (unpaired) electrons. The second kappa shape index (κ2) is 7.81. The van der Waals surface area contributed by atoms with E-state index in [0.717, 1.165) is 40.6 Å². The number of aromatic nitrogens is 4. The highest BCUT2D eigenvalue weighted by atomic mass is 16.2. The third-order valence-electron chi connectivity index (χ3n) is 6.18. The van der Waals surface area contributed by atoms with E-state index in [9.17, 15) is 9.59 Å². The minimum absolute atomic E-state index is 0.0769. The zero-order chi connectivity index (χ0) is 22.4. The molecule has 2 fully saturated rings. The monoisotopic (exact) mass is 438 g/mol. The van der Waals surface area contributed by atoms with Gasteiger partial charge >= 0.3 is 0 Å². The number of piperazine rings is 1. The normalized spacial score (nSPS) is 16.1. The third kappa shape index (κ3) is 3.63. The summed E-state index contributed by atoms with van der Waals surface area (Å²) >= 11 is 0. The van der Waals surface area contributed by atoms with Crippen molar-refractivity contribution < 1.29 is 9.59 Å². The average molecular weight is 438 g/mol. The molecule has 164 valence electrons. The highest BCUT2D eigenvalue weighted by Crippen LogP contribution is 2.43. The van der Waals surface area contributed by atoms with Crippen molar-refractivity contribution in [2.24, 2.45) is 0 Å². The van der Waals surface area contributed by atoms with Gasteiger partial charge in [-0.1, -0.05) is 36.4 Å². The van der Waals surface area contributed by atoms with Crippen LogP contribution in [-0.4, -0.2) is 56.1 Å². The first-order valence-corrected chi connectivity index (χ1v) is 11.1. The van der Waals surface area contributed by atoms with E-state index in [0.29, 0.717) is 30.5 Å². The molecule has 1 aliphatic heterocycles. The number of carbonyl (C=O) groups is 2. The number of fused-ring (bicyclic) bond motifs is 1. The molecule has 33 heavy (non-hydrogen) atoms. The number of nitrogens with one attached hydrogen (secondary N) is 1. The molecule has 2 aliphatic rings. The van der Waals surface area contributed by atoms with Crippen LogP contribution in [0.15, 0.2) is 60.9 Å². The molecule has 0 bridgehead atoms. The smallest absolute Gasteiger partial charge is 0.254 e. The predicted octanol–water partition coefficient (Wildman–Crippen LogP) is 2.93. The third-order valence-corrected chi connectivity index (χ3v) is 6.18. The predicted molar refractivity (Wildman–Crippen MR) is 123 cm³/mol. The Bertz CT molecular complexity index is 1360. The number of hydrogen-bond donors (Lipinski definition) is 1. The van der Waals surface area contributed by atoms with Crippen LogP contribution in [0.3, 0.4) is 0 Å². The molecule has 1 saturated carbocycles. The maximum atomic E-state index is 13.1. The second-order valence-corrected chi connectivity index (χ2v) is 8.52. The van der Waals surface area contributed by atoms with Gasteiger partial charge in [-0.05, 0) is 30.5 Å². The molecule has 1 N–H and O–H groups in total. The molecule has 2 amide bonds. The van der Waals surface area contributed by atoms with Crippen molar-refractivity contribution in [2.75, 3.05) is 19.6 Å². The van der Waals surface area contributed by atoms with Gasteiger partial charge in [0.05, 0.1) is 17.8 Å². The fourth-order valence-corrected chi connectivity index (χ4v) is 4.29. The van der Waals surface area contributed by atoms with Crippen molar-refractivity contribution in [3.63, 3.8) is 0 Å². The van der Waals surface area contributed by atoms with E-state index in [1.54, 1.807) is 22.0 Å². The van der Waals surface area contributed by atoms with E-state index in [2.05, 4.69) is 15.3 Å². The molecule has 2 aromatic carbocycles. The second-order valence-electron chi connectivity index (χ2n) is 8.52. The topological polar surface area (TPSA) is 93.0 Å². The van der Waals surface area contributed by atoms with Crippen LogP contribution in [0, 0.1) is 0 Å². The molecule has 1 aliphatic carbocycles. The summed E-state index contributed by atoms with van der Waals surface area (Å²) in [7, 11) is 0. The number of rotatable bonds is 4. The summed E-state index contributed by atoms with van der Waals surface area (Å²) in [4.78, 5) is 35.6. The largest absolute Gasteiger partial charge is 0.353 e. The number of amides is 2. The first-order chi connectivity index (χ1) is 16.2. The van der Waals surface area contributed by atoms with E-state index in [1.807, 2.05) is 48.5 Å². The van der Waals surface area contributed by atoms with Gasteiger partial charge in [-0.25, -0.2) is 9.97 Å². The Morgan fingerprint density at radius 2 is 1.79 bits per heavy atom. The lowest BCUT2D eigenvalue weighted by Crippen LogP contribution is -2.49. The first kappa shape index (κ1) is 19.6. The van der Waals surface area contributed by atoms with Crippen LogP contribution in [-0.2, 0) is 4.79 Å². The van der Waals surface area contributed by atoms with E-state index in [4.69, 9.17) is 5.10 Å². The highest BCUT2D eigenvalue weighted by molar-refractivity contribution is 6.00. The lowest BCUT2D eigenvalue weighted by atomic mass is 10.1. The van der Waals surface area contributed by atoms with Crippen LogP contribution in [0.1, 0.15) is 34.8 Å². The fourth-order valence-electron chi connectivity index (χ4n) is 4.29. The molecule has 1 saturated heterocycles. The van der Waals surface area contributed by atoms with Gasteiger partial charge in [-0.2, -0.15) is 9.78 Å². The molecule has 6 rings (SSSR count). The van der Waals surface area contributed by atoms with E-state index in [1.165, 1.54) is 0 Å². The molecule has 2 aromatic heterocycles. The maximum Gasteiger partial charge on any atom is 0.254 e. The van der Waals surface area contributed by atoms with Crippen LogP contribution in [0.25, 0.3) is 28.0 Å². The number of benzene rings is 2. The van der Waals surface area contributed by atoms with Crippen molar-refractivity contribution in [1.29, 1.82) is 0 Å². The molecule has 3 heterocycles. The van der Waals surface area contributed by atoms with Gasteiger partial charge in [0.15, 0.2) is 0 Å². The van der Waals surface area contributed by atoms with Gasteiger partial charge in [-0.3, -0.25) is 9.59 Å². The van der Waals surface area contributed by atoms with Gasteiger partial charge in [0.25, 0.3) is 11.9 Å². The number of carbonyl (C=O) groups excluding carboxylic acids is 2. The van der Waals surface area contributed by atoms with Crippen LogP contribution >= 0.6 is 0 Å². The lowest BCUT2D eigenvalue weighted by Gasteiger charge is -2.26. The summed E-state index contributed by atoms with van der Waals surface area (Å²) in [6, 6.07) is 15.6. The van der Waals surface area contributed by atoms with Gasteiger partial charge in [0.1, 0.15) is 0 Å². The van der Waals surface area contributed by atoms with Gasteiger partial charge in [0.2, 0.25) is 5.91 Å². The molecule has 8 nitrogen and oxygen atoms in total. The summed E-state index contributed by atoms with van der Waals surface area (Å²) in [5.41, 5.74) is 4.33. The zero-order valence-corrected chi connectivity index (χ0v) is 17.9. The van der Waals surface area contributed by atoms with E-state index in [-0.39, 0.29) is 18.4 Å². The van der Waals surface area contributed by atoms with Crippen molar-refractivity contribution in [3.05, 3.63) is 72.2 Å². The van der Waals surface area contributed by atoms with Crippen molar-refractivity contribution >= 4 is 22.7 Å². The Morgan fingerprint density at radius 3 is 2.52 bits per heavy atom. The Hall–Kier alpha value is -4.07. The Balaban J connectivity index is 1.40. The SMILES string of the molecule is O=C1CN(C(=O)c2ccc3c(C4CC4)nn(-c4ncc(-c5ccccc5)cn4)c3c2)CCN1. The van der Waals surface area contributed by atoms with Crippen molar-refractivity contribution in [1.82, 2.24) is 30.0 Å². The van der Waals surface area contributed by atoms with Crippen molar-refractivity contribution in [2.45, 2.75) is 18.8 Å². The van der Waals surface area contributed by atoms with Crippen LogP contribution in [0.4, 0.5) is 0 Å². The Morgan fingerprint density at radius 1 is 1.00 bits per heavy atom. The Labute approximate surface area is 190 Å². The fraction of sp³-hybridized carbons (Fsp3) is 0.240. The summed E-state index contributed by atoms with van der Waals surface area (Å²) in [5.74, 6) is 0.606. The van der Waals surface area contributed by atoms with Gasteiger partial charge < -0.3 is 10.2 Å². The van der Waals surface area contributed by atoms with Crippen LogP contribution < -0.4 is 5.32 Å². The number of nitrogens with zero attached hydrogens (tertiary/aromatic N) is 5. The highest BCUT2D eigenvalue weighted by Gasteiger charge is 2.30. The zero-order valence-electron chi connectivity index (χ0n) is 17.9. The summed E-state index contributed by atoms with van der Waals surface area (Å²) < 4.78 is 1.73. The summed E-state index contributed by atoms with van der Waals surface area (Å²) in [6.07, 6.45) is 5.82. The number of hydrogen-bond acceptors (Lipinski definition) is 5.